The van der Waals surface area contributed by atoms with Gasteiger partial charge in [-0.05, 0) is 18.3 Å². The fraction of sp³-hybridized carbons (Fsp3) is 0.636. The number of Topliss-reactive ketones (excluding diaryl/α,β-unsaturated/α-hetero) is 1. The molecule has 0 amide bonds. The molecular formula is C11H15NO. The van der Waals surface area contributed by atoms with Gasteiger partial charge >= 0.3 is 0 Å². The Morgan fingerprint density at radius 2 is 2.08 bits per heavy atom. The smallest absolute Gasteiger partial charge is 0.133 e. The normalized spacial score (nSPS) is 25.3. The van der Waals surface area contributed by atoms with Gasteiger partial charge in [-0.1, -0.05) is 19.4 Å². The molecule has 0 saturated heterocycles. The van der Waals surface area contributed by atoms with E-state index in [0.29, 0.717) is 18.6 Å². The van der Waals surface area contributed by atoms with Crippen LogP contribution in [-0.4, -0.2) is 5.78 Å². The second kappa shape index (κ2) is 3.74. The fourth-order valence-corrected chi connectivity index (χ4v) is 1.70. The predicted molar refractivity (Wildman–Crippen MR) is 51.0 cm³/mol. The first-order valence-corrected chi connectivity index (χ1v) is 4.67. The van der Waals surface area contributed by atoms with Crippen molar-refractivity contribution in [3.63, 3.8) is 0 Å². The maximum absolute atomic E-state index is 11.2. The van der Waals surface area contributed by atoms with Crippen LogP contribution in [0.1, 0.15) is 39.5 Å². The average Bonchev–Trinajstić information content (AvgIpc) is 2.18. The number of allylic oxidation sites excluding steroid dienone is 2. The number of rotatable bonds is 0. The molecule has 1 rings (SSSR count). The van der Waals surface area contributed by atoms with Crippen LogP contribution in [0.25, 0.3) is 0 Å². The summed E-state index contributed by atoms with van der Waals surface area (Å²) < 4.78 is 0. The lowest BCUT2D eigenvalue weighted by molar-refractivity contribution is -0.119. The zero-order valence-corrected chi connectivity index (χ0v) is 8.26. The highest BCUT2D eigenvalue weighted by Crippen LogP contribution is 2.37. The van der Waals surface area contributed by atoms with Crippen LogP contribution in [0.4, 0.5) is 0 Å². The van der Waals surface area contributed by atoms with Gasteiger partial charge in [0.05, 0.1) is 6.07 Å². The highest BCUT2D eigenvalue weighted by atomic mass is 16.1. The van der Waals surface area contributed by atoms with Crippen LogP contribution in [0.5, 0.6) is 0 Å². The molecule has 1 saturated carbocycles. The molecule has 2 heteroatoms. The molecule has 0 radical (unpaired) electrons. The number of nitrogens with zero attached hydrogens (tertiary/aromatic N) is 1. The summed E-state index contributed by atoms with van der Waals surface area (Å²) in [7, 11) is 0. The first-order valence-electron chi connectivity index (χ1n) is 4.67. The lowest BCUT2D eigenvalue weighted by Gasteiger charge is -2.24. The van der Waals surface area contributed by atoms with Crippen molar-refractivity contribution in [3.8, 4) is 6.07 Å². The van der Waals surface area contributed by atoms with Crippen LogP contribution in [0.15, 0.2) is 11.6 Å². The molecule has 0 aromatic rings. The molecule has 0 N–H and O–H groups in total. The third-order valence-corrected chi connectivity index (χ3v) is 2.81. The predicted octanol–water partition coefficient (Wildman–Crippen LogP) is 2.61. The molecule has 0 spiro atoms. The molecule has 0 aliphatic heterocycles. The van der Waals surface area contributed by atoms with Gasteiger partial charge in [0.25, 0.3) is 0 Å². The van der Waals surface area contributed by atoms with Gasteiger partial charge in [0.15, 0.2) is 0 Å². The molecule has 0 unspecified atom stereocenters. The monoisotopic (exact) mass is 177 g/mol. The summed E-state index contributed by atoms with van der Waals surface area (Å²) in [4.78, 5) is 11.2. The lowest BCUT2D eigenvalue weighted by Crippen LogP contribution is -2.13. The SMILES string of the molecule is CC1(C)CCC(=O)CC/C1=C\C#N. The Kier molecular flexibility index (Phi) is 2.87. The second-order valence-corrected chi connectivity index (χ2v) is 4.22. The summed E-state index contributed by atoms with van der Waals surface area (Å²) in [6.07, 6.45) is 4.52. The van der Waals surface area contributed by atoms with Gasteiger partial charge in [0.1, 0.15) is 5.78 Å². The molecule has 0 atom stereocenters. The topological polar surface area (TPSA) is 40.9 Å². The van der Waals surface area contributed by atoms with Crippen molar-refractivity contribution in [3.05, 3.63) is 11.6 Å². The standard InChI is InChI=1S/C11H15NO/c1-11(2)7-5-10(13)4-3-9(11)6-8-12/h6H,3-5,7H2,1-2H3/b9-6+. The Labute approximate surface area is 79.2 Å². The van der Waals surface area contributed by atoms with E-state index in [2.05, 4.69) is 19.9 Å². The quantitative estimate of drug-likeness (QED) is 0.421. The van der Waals surface area contributed by atoms with E-state index in [1.165, 1.54) is 0 Å². The van der Waals surface area contributed by atoms with E-state index in [-0.39, 0.29) is 5.41 Å². The summed E-state index contributed by atoms with van der Waals surface area (Å²) in [6.45, 7) is 4.21. The number of nitriles is 1. The van der Waals surface area contributed by atoms with Crippen LogP contribution in [0, 0.1) is 16.7 Å². The van der Waals surface area contributed by atoms with E-state index in [0.717, 1.165) is 18.4 Å². The van der Waals surface area contributed by atoms with Crippen molar-refractivity contribution in [2.45, 2.75) is 39.5 Å². The highest BCUT2D eigenvalue weighted by Gasteiger charge is 2.27. The average molecular weight is 177 g/mol. The molecule has 1 aliphatic rings. The van der Waals surface area contributed by atoms with Crippen LogP contribution in [0.3, 0.4) is 0 Å². The van der Waals surface area contributed by atoms with Crippen LogP contribution in [-0.2, 0) is 4.79 Å². The van der Waals surface area contributed by atoms with Crippen molar-refractivity contribution < 1.29 is 4.79 Å². The van der Waals surface area contributed by atoms with Crippen LogP contribution < -0.4 is 0 Å². The van der Waals surface area contributed by atoms with Gasteiger partial charge < -0.3 is 0 Å². The third-order valence-electron chi connectivity index (χ3n) is 2.81. The van der Waals surface area contributed by atoms with Crippen molar-refractivity contribution in [1.82, 2.24) is 0 Å². The summed E-state index contributed by atoms with van der Waals surface area (Å²) in [5, 5.41) is 8.60. The van der Waals surface area contributed by atoms with Crippen LogP contribution >= 0.6 is 0 Å². The van der Waals surface area contributed by atoms with Crippen molar-refractivity contribution >= 4 is 5.78 Å². The lowest BCUT2D eigenvalue weighted by atomic mass is 9.80. The molecule has 0 aromatic carbocycles. The van der Waals surface area contributed by atoms with E-state index in [1.807, 2.05) is 0 Å². The van der Waals surface area contributed by atoms with Crippen molar-refractivity contribution in [2.24, 2.45) is 5.41 Å². The van der Waals surface area contributed by atoms with Gasteiger partial charge in [0.2, 0.25) is 0 Å². The molecule has 70 valence electrons. The molecular weight excluding hydrogens is 162 g/mol. The van der Waals surface area contributed by atoms with E-state index in [9.17, 15) is 4.79 Å². The maximum atomic E-state index is 11.2. The summed E-state index contributed by atoms with van der Waals surface area (Å²) in [6, 6.07) is 2.06. The van der Waals surface area contributed by atoms with Crippen molar-refractivity contribution in [1.29, 1.82) is 5.26 Å². The zero-order valence-electron chi connectivity index (χ0n) is 8.26. The van der Waals surface area contributed by atoms with Gasteiger partial charge in [-0.3, -0.25) is 4.79 Å². The Morgan fingerprint density at radius 1 is 1.38 bits per heavy atom. The maximum Gasteiger partial charge on any atom is 0.133 e. The number of carbonyl (C=O) groups is 1. The van der Waals surface area contributed by atoms with Gasteiger partial charge in [-0.2, -0.15) is 5.26 Å². The van der Waals surface area contributed by atoms with Crippen molar-refractivity contribution in [2.75, 3.05) is 0 Å². The minimum atomic E-state index is 0.0297. The Bertz CT molecular complexity index is 281. The van der Waals surface area contributed by atoms with E-state index < -0.39 is 0 Å². The van der Waals surface area contributed by atoms with E-state index in [1.54, 1.807) is 6.08 Å². The molecule has 0 bridgehead atoms. The molecule has 0 aromatic heterocycles. The number of carbonyl (C=O) groups excluding carboxylic acids is 1. The van der Waals surface area contributed by atoms with Gasteiger partial charge in [0, 0.05) is 18.9 Å². The molecule has 13 heavy (non-hydrogen) atoms. The minimum absolute atomic E-state index is 0.0297. The summed E-state index contributed by atoms with van der Waals surface area (Å²) in [5.41, 5.74) is 1.16. The number of hydrogen-bond donors (Lipinski definition) is 0. The second-order valence-electron chi connectivity index (χ2n) is 4.22. The molecule has 2 nitrogen and oxygen atoms in total. The molecule has 1 fully saturated rings. The highest BCUT2D eigenvalue weighted by molar-refractivity contribution is 5.79. The summed E-state index contributed by atoms with van der Waals surface area (Å²) >= 11 is 0. The molecule has 0 heterocycles. The van der Waals surface area contributed by atoms with Crippen LogP contribution in [0.2, 0.25) is 0 Å². The van der Waals surface area contributed by atoms with Gasteiger partial charge in [-0.15, -0.1) is 0 Å². The fourth-order valence-electron chi connectivity index (χ4n) is 1.70. The van der Waals surface area contributed by atoms with E-state index in [4.69, 9.17) is 5.26 Å². The Morgan fingerprint density at radius 3 is 2.69 bits per heavy atom. The molecule has 1 aliphatic carbocycles. The first kappa shape index (κ1) is 9.98. The third kappa shape index (κ3) is 2.42. The largest absolute Gasteiger partial charge is 0.300 e. The Hall–Kier alpha value is -1.10. The Balaban J connectivity index is 2.88. The number of hydrogen-bond acceptors (Lipinski definition) is 2. The number of ketones is 1. The zero-order chi connectivity index (χ0) is 9.90. The van der Waals surface area contributed by atoms with Gasteiger partial charge in [-0.25, -0.2) is 0 Å². The summed E-state index contributed by atoms with van der Waals surface area (Å²) in [5.74, 6) is 0.328. The first-order chi connectivity index (χ1) is 6.06. The minimum Gasteiger partial charge on any atom is -0.300 e. The van der Waals surface area contributed by atoms with E-state index >= 15 is 0 Å².